The fourth-order valence-corrected chi connectivity index (χ4v) is 4.96. The Bertz CT molecular complexity index is 795. The molecule has 4 rings (SSSR count). The zero-order valence-corrected chi connectivity index (χ0v) is 17.7. The Morgan fingerprint density at radius 3 is 2.34 bits per heavy atom. The topological polar surface area (TPSA) is 34.2 Å². The largest absolute Gasteiger partial charge is 0.497 e. The monoisotopic (exact) mass is 396 g/mol. The van der Waals surface area contributed by atoms with E-state index in [1.54, 1.807) is 7.11 Å². The molecule has 0 aromatic heterocycles. The Balaban J connectivity index is 1.34. The molecular formula is C24H32N2O3. The van der Waals surface area contributed by atoms with Gasteiger partial charge in [-0.3, -0.25) is 9.80 Å². The first kappa shape index (κ1) is 20.0. The molecule has 2 aliphatic heterocycles. The second-order valence-corrected chi connectivity index (χ2v) is 8.07. The first-order valence-electron chi connectivity index (χ1n) is 10.6. The van der Waals surface area contributed by atoms with Crippen LogP contribution in [0.25, 0.3) is 0 Å². The molecule has 29 heavy (non-hydrogen) atoms. The van der Waals surface area contributed by atoms with Crippen molar-refractivity contribution in [3.05, 3.63) is 54.1 Å². The minimum Gasteiger partial charge on any atom is -0.497 e. The summed E-state index contributed by atoms with van der Waals surface area (Å²) in [6.07, 6.45) is 0. The van der Waals surface area contributed by atoms with E-state index in [0.717, 1.165) is 49.3 Å². The van der Waals surface area contributed by atoms with E-state index in [-0.39, 0.29) is 0 Å². The van der Waals surface area contributed by atoms with Crippen molar-refractivity contribution in [2.45, 2.75) is 13.0 Å². The van der Waals surface area contributed by atoms with Crippen LogP contribution in [0, 0.1) is 11.8 Å². The molecule has 3 atom stereocenters. The predicted molar refractivity (Wildman–Crippen MR) is 115 cm³/mol. The molecule has 0 saturated carbocycles. The van der Waals surface area contributed by atoms with Gasteiger partial charge in [-0.15, -0.1) is 0 Å². The van der Waals surface area contributed by atoms with Gasteiger partial charge in [0.25, 0.3) is 0 Å². The predicted octanol–water partition coefficient (Wildman–Crippen LogP) is 3.71. The highest BCUT2D eigenvalue weighted by molar-refractivity contribution is 5.39. The molecule has 0 N–H and O–H groups in total. The number of ether oxygens (including phenoxy) is 3. The highest BCUT2D eigenvalue weighted by atomic mass is 16.5. The molecule has 156 valence electrons. The molecule has 2 fully saturated rings. The van der Waals surface area contributed by atoms with Gasteiger partial charge in [-0.1, -0.05) is 24.3 Å². The molecule has 0 spiro atoms. The van der Waals surface area contributed by atoms with Gasteiger partial charge < -0.3 is 14.2 Å². The third kappa shape index (κ3) is 4.36. The van der Waals surface area contributed by atoms with E-state index in [1.165, 1.54) is 5.56 Å². The van der Waals surface area contributed by atoms with Gasteiger partial charge in [0.2, 0.25) is 0 Å². The number of para-hydroxylation sites is 2. The Kier molecular flexibility index (Phi) is 6.26. The molecule has 2 heterocycles. The molecule has 0 bridgehead atoms. The van der Waals surface area contributed by atoms with Gasteiger partial charge in [0, 0.05) is 32.2 Å². The van der Waals surface area contributed by atoms with Crippen LogP contribution in [0.15, 0.2) is 48.5 Å². The maximum absolute atomic E-state index is 6.04. The number of hydrogen-bond acceptors (Lipinski definition) is 5. The number of nitrogens with zero attached hydrogens (tertiary/aromatic N) is 2. The van der Waals surface area contributed by atoms with Crippen LogP contribution in [0.5, 0.6) is 17.2 Å². The molecule has 2 aliphatic rings. The van der Waals surface area contributed by atoms with Crippen LogP contribution in [-0.2, 0) is 0 Å². The van der Waals surface area contributed by atoms with E-state index in [9.17, 15) is 0 Å². The number of methoxy groups -OCH3 is 1. The lowest BCUT2D eigenvalue weighted by Crippen LogP contribution is -2.31. The van der Waals surface area contributed by atoms with Crippen molar-refractivity contribution in [2.75, 3.05) is 53.6 Å². The Morgan fingerprint density at radius 2 is 1.66 bits per heavy atom. The van der Waals surface area contributed by atoms with Crippen LogP contribution in [0.2, 0.25) is 0 Å². The summed E-state index contributed by atoms with van der Waals surface area (Å²) >= 11 is 0. The lowest BCUT2D eigenvalue weighted by Gasteiger charge is -2.27. The van der Waals surface area contributed by atoms with Gasteiger partial charge in [-0.05, 0) is 55.6 Å². The number of fused-ring (bicyclic) bond motifs is 1. The maximum Gasteiger partial charge on any atom is 0.161 e. The zero-order valence-electron chi connectivity index (χ0n) is 17.7. The number of hydrogen-bond donors (Lipinski definition) is 0. The van der Waals surface area contributed by atoms with Gasteiger partial charge in [-0.25, -0.2) is 0 Å². The van der Waals surface area contributed by atoms with Gasteiger partial charge in [0.15, 0.2) is 11.5 Å². The summed E-state index contributed by atoms with van der Waals surface area (Å²) in [6.45, 7) is 7.72. The first-order chi connectivity index (χ1) is 14.2. The van der Waals surface area contributed by atoms with Crippen molar-refractivity contribution in [3.63, 3.8) is 0 Å². The average Bonchev–Trinajstić information content (AvgIpc) is 3.25. The van der Waals surface area contributed by atoms with Gasteiger partial charge in [0.1, 0.15) is 12.4 Å². The molecular weight excluding hydrogens is 364 g/mol. The third-order valence-electron chi connectivity index (χ3n) is 6.24. The summed E-state index contributed by atoms with van der Waals surface area (Å²) in [4.78, 5) is 5.07. The Morgan fingerprint density at radius 1 is 0.931 bits per heavy atom. The Labute approximate surface area is 174 Å². The van der Waals surface area contributed by atoms with Crippen LogP contribution in [0.3, 0.4) is 0 Å². The highest BCUT2D eigenvalue weighted by Crippen LogP contribution is 2.44. The molecule has 2 saturated heterocycles. The van der Waals surface area contributed by atoms with Gasteiger partial charge in [-0.2, -0.15) is 0 Å². The maximum atomic E-state index is 6.04. The first-order valence-corrected chi connectivity index (χ1v) is 10.6. The van der Waals surface area contributed by atoms with Crippen LogP contribution < -0.4 is 14.2 Å². The van der Waals surface area contributed by atoms with E-state index < -0.39 is 0 Å². The van der Waals surface area contributed by atoms with E-state index in [2.05, 4.69) is 41.1 Å². The van der Waals surface area contributed by atoms with Crippen molar-refractivity contribution in [1.29, 1.82) is 0 Å². The molecule has 0 radical (unpaired) electrons. The molecule has 2 aromatic carbocycles. The summed E-state index contributed by atoms with van der Waals surface area (Å²) in [5, 5.41) is 0. The molecule has 0 amide bonds. The fraction of sp³-hybridized carbons (Fsp3) is 0.500. The van der Waals surface area contributed by atoms with Crippen molar-refractivity contribution in [1.82, 2.24) is 9.80 Å². The lowest BCUT2D eigenvalue weighted by molar-refractivity contribution is 0.194. The van der Waals surface area contributed by atoms with Crippen molar-refractivity contribution >= 4 is 0 Å². The van der Waals surface area contributed by atoms with Crippen molar-refractivity contribution in [3.8, 4) is 17.2 Å². The van der Waals surface area contributed by atoms with Crippen LogP contribution in [0.1, 0.15) is 18.5 Å². The van der Waals surface area contributed by atoms with E-state index in [4.69, 9.17) is 14.2 Å². The van der Waals surface area contributed by atoms with Crippen LogP contribution >= 0.6 is 0 Å². The zero-order chi connectivity index (χ0) is 20.2. The fourth-order valence-electron chi connectivity index (χ4n) is 4.96. The molecule has 5 nitrogen and oxygen atoms in total. The average molecular weight is 397 g/mol. The Hall–Kier alpha value is -2.24. The molecule has 0 aliphatic carbocycles. The molecule has 0 unspecified atom stereocenters. The minimum absolute atomic E-state index is 0.482. The summed E-state index contributed by atoms with van der Waals surface area (Å²) in [5.74, 6) is 3.98. The molecule has 5 heteroatoms. The minimum atomic E-state index is 0.482. The second kappa shape index (κ2) is 9.06. The van der Waals surface area contributed by atoms with Crippen molar-refractivity contribution in [2.24, 2.45) is 11.8 Å². The quantitative estimate of drug-likeness (QED) is 0.680. The number of rotatable bonds is 8. The van der Waals surface area contributed by atoms with Crippen LogP contribution in [0.4, 0.5) is 0 Å². The third-order valence-corrected chi connectivity index (χ3v) is 6.24. The summed E-state index contributed by atoms with van der Waals surface area (Å²) < 4.78 is 17.0. The highest BCUT2D eigenvalue weighted by Gasteiger charge is 2.45. The van der Waals surface area contributed by atoms with E-state index in [0.29, 0.717) is 25.2 Å². The second-order valence-electron chi connectivity index (χ2n) is 8.07. The number of likely N-dealkylation sites (tertiary alicyclic amines) is 2. The summed E-state index contributed by atoms with van der Waals surface area (Å²) in [5.41, 5.74) is 1.39. The van der Waals surface area contributed by atoms with Gasteiger partial charge >= 0.3 is 0 Å². The summed E-state index contributed by atoms with van der Waals surface area (Å²) in [7, 11) is 3.97. The SMILES string of the molecule is CCOc1ccccc1OCCN1C[C@@H]2CN(C)[C@@H](c3ccc(OC)cc3)[C@@H]2C1. The molecule has 2 aromatic rings. The van der Waals surface area contributed by atoms with Crippen molar-refractivity contribution < 1.29 is 14.2 Å². The van der Waals surface area contributed by atoms with E-state index >= 15 is 0 Å². The van der Waals surface area contributed by atoms with Gasteiger partial charge in [0.05, 0.1) is 13.7 Å². The smallest absolute Gasteiger partial charge is 0.161 e. The lowest BCUT2D eigenvalue weighted by atomic mass is 9.89. The standard InChI is InChI=1S/C24H32N2O3/c1-4-28-22-7-5-6-8-23(22)29-14-13-26-16-19-15-25(2)24(21(19)17-26)18-9-11-20(27-3)12-10-18/h5-12,19,21,24H,4,13-17H2,1-3H3/t19-,21+,24-/m0/s1. The van der Waals surface area contributed by atoms with Crippen LogP contribution in [-0.4, -0.2) is 63.4 Å². The number of benzene rings is 2. The van der Waals surface area contributed by atoms with E-state index in [1.807, 2.05) is 31.2 Å². The normalized spacial score (nSPS) is 24.4. The summed E-state index contributed by atoms with van der Waals surface area (Å²) in [6, 6.07) is 17.0.